The number of rotatable bonds is 4. The first-order chi connectivity index (χ1) is 13.4. The minimum Gasteiger partial charge on any atom is -0.369 e. The molecule has 4 rings (SSSR count). The molecule has 0 aliphatic carbocycles. The molecule has 3 aromatic rings. The van der Waals surface area contributed by atoms with E-state index in [9.17, 15) is 12.8 Å². The summed E-state index contributed by atoms with van der Waals surface area (Å²) >= 11 is 0. The molecule has 1 aliphatic rings. The van der Waals surface area contributed by atoms with Crippen molar-refractivity contribution in [1.29, 1.82) is 0 Å². The summed E-state index contributed by atoms with van der Waals surface area (Å²) in [5, 5.41) is -0.0138. The average molecular weight is 403 g/mol. The molecule has 1 aromatic carbocycles. The maximum Gasteiger partial charge on any atom is 0.262 e. The topological polar surface area (TPSA) is 90.2 Å². The van der Waals surface area contributed by atoms with E-state index in [0.29, 0.717) is 17.0 Å². The fourth-order valence-corrected chi connectivity index (χ4v) is 4.50. The zero-order valence-corrected chi connectivity index (χ0v) is 15.9. The van der Waals surface area contributed by atoms with Crippen LogP contribution in [0.4, 0.5) is 4.39 Å². The van der Waals surface area contributed by atoms with Crippen LogP contribution >= 0.6 is 0 Å². The molecule has 0 saturated carbocycles. The summed E-state index contributed by atoms with van der Waals surface area (Å²) in [6.45, 7) is 0.487. The molecule has 1 aliphatic heterocycles. The third-order valence-electron chi connectivity index (χ3n) is 4.44. The number of hydrogen-bond donors (Lipinski definition) is 0. The van der Waals surface area contributed by atoms with Gasteiger partial charge in [-0.05, 0) is 12.1 Å². The van der Waals surface area contributed by atoms with Crippen LogP contribution in [0, 0.1) is 5.82 Å². The summed E-state index contributed by atoms with van der Waals surface area (Å²) < 4.78 is 48.1. The lowest BCUT2D eigenvalue weighted by molar-refractivity contribution is -0.00483. The highest BCUT2D eigenvalue weighted by atomic mass is 32.2. The Morgan fingerprint density at radius 2 is 2.04 bits per heavy atom. The van der Waals surface area contributed by atoms with Crippen molar-refractivity contribution in [2.45, 2.75) is 11.1 Å². The quantitative estimate of drug-likeness (QED) is 0.660. The molecule has 28 heavy (non-hydrogen) atoms. The van der Waals surface area contributed by atoms with Gasteiger partial charge < -0.3 is 9.30 Å². The van der Waals surface area contributed by atoms with E-state index in [4.69, 9.17) is 4.74 Å². The molecule has 0 radical (unpaired) electrons. The molecule has 8 nitrogen and oxygen atoms in total. The van der Waals surface area contributed by atoms with Crippen LogP contribution < -0.4 is 0 Å². The maximum absolute atomic E-state index is 13.7. The Kier molecular flexibility index (Phi) is 4.92. The smallest absolute Gasteiger partial charge is 0.262 e. The predicted octanol–water partition coefficient (Wildman–Crippen LogP) is 1.78. The van der Waals surface area contributed by atoms with E-state index in [1.807, 2.05) is 0 Å². The molecule has 0 N–H and O–H groups in total. The fraction of sp³-hybridized carbons (Fsp3) is 0.278. The number of benzene rings is 1. The molecule has 0 spiro atoms. The van der Waals surface area contributed by atoms with Crippen molar-refractivity contribution >= 4 is 10.0 Å². The van der Waals surface area contributed by atoms with Crippen LogP contribution in [-0.2, 0) is 21.8 Å². The SMILES string of the molecule is Cn1cnc(S(=O)(=O)N2CCOC(c3nccnc3-c3cccc(F)c3)C2)c1. The van der Waals surface area contributed by atoms with E-state index in [2.05, 4.69) is 15.0 Å². The summed E-state index contributed by atoms with van der Waals surface area (Å²) in [7, 11) is -2.05. The van der Waals surface area contributed by atoms with Gasteiger partial charge >= 0.3 is 0 Å². The van der Waals surface area contributed by atoms with Gasteiger partial charge in [0.05, 0.1) is 24.3 Å². The monoisotopic (exact) mass is 403 g/mol. The standard InChI is InChI=1S/C18H18FN5O3S/c1-23-11-16(22-12-23)28(25,26)24-7-8-27-15(10-24)18-17(20-5-6-21-18)13-3-2-4-14(19)9-13/h2-6,9,11-12,15H,7-8,10H2,1H3. The van der Waals surface area contributed by atoms with Crippen LogP contribution in [0.15, 0.2) is 54.2 Å². The van der Waals surface area contributed by atoms with Crippen molar-refractivity contribution in [3.8, 4) is 11.3 Å². The van der Waals surface area contributed by atoms with Crippen LogP contribution in [0.3, 0.4) is 0 Å². The number of morpholine rings is 1. The van der Waals surface area contributed by atoms with Crippen LogP contribution in [0.2, 0.25) is 0 Å². The fourth-order valence-electron chi connectivity index (χ4n) is 3.11. The second-order valence-electron chi connectivity index (χ2n) is 6.40. The van der Waals surface area contributed by atoms with Crippen LogP contribution in [0.25, 0.3) is 11.3 Å². The summed E-state index contributed by atoms with van der Waals surface area (Å²) in [5.41, 5.74) is 1.48. The maximum atomic E-state index is 13.7. The number of nitrogens with zero attached hydrogens (tertiary/aromatic N) is 5. The highest BCUT2D eigenvalue weighted by molar-refractivity contribution is 7.89. The van der Waals surface area contributed by atoms with Gasteiger partial charge in [0.25, 0.3) is 10.0 Å². The second-order valence-corrected chi connectivity index (χ2v) is 8.29. The van der Waals surface area contributed by atoms with Crippen LogP contribution in [0.1, 0.15) is 11.8 Å². The first kappa shape index (κ1) is 18.7. The molecule has 0 bridgehead atoms. The van der Waals surface area contributed by atoms with Gasteiger partial charge in [-0.3, -0.25) is 9.97 Å². The number of ether oxygens (including phenoxy) is 1. The molecule has 2 aromatic heterocycles. The van der Waals surface area contributed by atoms with Gasteiger partial charge in [0.15, 0.2) is 5.03 Å². The molecule has 1 saturated heterocycles. The summed E-state index contributed by atoms with van der Waals surface area (Å²) in [5.74, 6) is -0.391. The molecule has 3 heterocycles. The number of imidazole rings is 1. The Bertz CT molecular complexity index is 1100. The van der Waals surface area contributed by atoms with Crippen molar-refractivity contribution in [3.05, 3.63) is 60.7 Å². The largest absolute Gasteiger partial charge is 0.369 e. The van der Waals surface area contributed by atoms with E-state index in [1.54, 1.807) is 23.7 Å². The van der Waals surface area contributed by atoms with E-state index in [1.165, 1.54) is 41.4 Å². The summed E-state index contributed by atoms with van der Waals surface area (Å²) in [6.07, 6.45) is 5.29. The Morgan fingerprint density at radius 3 is 2.79 bits per heavy atom. The van der Waals surface area contributed by atoms with Gasteiger partial charge in [-0.1, -0.05) is 12.1 Å². The molecule has 0 amide bonds. The Balaban J connectivity index is 1.66. The zero-order valence-electron chi connectivity index (χ0n) is 15.1. The molecular formula is C18H18FN5O3S. The van der Waals surface area contributed by atoms with E-state index in [0.717, 1.165) is 0 Å². The van der Waals surface area contributed by atoms with Gasteiger partial charge in [-0.15, -0.1) is 0 Å². The predicted molar refractivity (Wildman–Crippen MR) is 98.1 cm³/mol. The lowest BCUT2D eigenvalue weighted by atomic mass is 10.1. The number of hydrogen-bond acceptors (Lipinski definition) is 6. The van der Waals surface area contributed by atoms with Crippen molar-refractivity contribution in [3.63, 3.8) is 0 Å². The molecule has 1 unspecified atom stereocenters. The number of aromatic nitrogens is 4. The third kappa shape index (κ3) is 3.53. The zero-order chi connectivity index (χ0) is 19.7. The Labute approximate surface area is 161 Å². The van der Waals surface area contributed by atoms with Crippen LogP contribution in [0.5, 0.6) is 0 Å². The van der Waals surface area contributed by atoms with Crippen molar-refractivity contribution in [1.82, 2.24) is 23.8 Å². The van der Waals surface area contributed by atoms with Crippen molar-refractivity contribution in [2.24, 2.45) is 7.05 Å². The third-order valence-corrected chi connectivity index (χ3v) is 6.20. The lowest BCUT2D eigenvalue weighted by Gasteiger charge is -2.31. The van der Waals surface area contributed by atoms with Gasteiger partial charge in [0.1, 0.15) is 11.9 Å². The lowest BCUT2D eigenvalue weighted by Crippen LogP contribution is -2.42. The van der Waals surface area contributed by atoms with Crippen molar-refractivity contribution in [2.75, 3.05) is 19.7 Å². The minimum absolute atomic E-state index is 0.0138. The summed E-state index contributed by atoms with van der Waals surface area (Å²) in [4.78, 5) is 12.6. The van der Waals surface area contributed by atoms with E-state index >= 15 is 0 Å². The molecular weight excluding hydrogens is 385 g/mol. The van der Waals surface area contributed by atoms with Crippen molar-refractivity contribution < 1.29 is 17.5 Å². The second kappa shape index (κ2) is 7.38. The summed E-state index contributed by atoms with van der Waals surface area (Å²) in [6, 6.07) is 6.01. The highest BCUT2D eigenvalue weighted by Crippen LogP contribution is 2.30. The molecule has 146 valence electrons. The molecule has 1 fully saturated rings. The van der Waals surface area contributed by atoms with Gasteiger partial charge in [0, 0.05) is 44.3 Å². The number of halogens is 1. The highest BCUT2D eigenvalue weighted by Gasteiger charge is 2.34. The molecule has 10 heteroatoms. The number of aryl methyl sites for hydroxylation is 1. The average Bonchev–Trinajstić information content (AvgIpc) is 3.15. The Morgan fingerprint density at radius 1 is 1.21 bits per heavy atom. The normalized spacial score (nSPS) is 18.3. The first-order valence-corrected chi connectivity index (χ1v) is 10.1. The van der Waals surface area contributed by atoms with Crippen LogP contribution in [-0.4, -0.2) is 51.9 Å². The molecule has 1 atom stereocenters. The van der Waals surface area contributed by atoms with E-state index < -0.39 is 21.9 Å². The first-order valence-electron chi connectivity index (χ1n) is 8.62. The van der Waals surface area contributed by atoms with Gasteiger partial charge in [0.2, 0.25) is 0 Å². The number of sulfonamides is 1. The van der Waals surface area contributed by atoms with E-state index in [-0.39, 0.29) is 24.7 Å². The van der Waals surface area contributed by atoms with Gasteiger partial charge in [-0.2, -0.15) is 4.31 Å². The van der Waals surface area contributed by atoms with Gasteiger partial charge in [-0.25, -0.2) is 17.8 Å². The Hall–Kier alpha value is -2.69. The minimum atomic E-state index is -3.75.